The largest absolute Gasteiger partial charge is 0.348 e. The van der Waals surface area contributed by atoms with Crippen molar-refractivity contribution in [1.29, 1.82) is 0 Å². The fourth-order valence-electron chi connectivity index (χ4n) is 3.81. The van der Waals surface area contributed by atoms with Gasteiger partial charge >= 0.3 is 0 Å². The number of benzene rings is 1. The van der Waals surface area contributed by atoms with E-state index in [2.05, 4.69) is 34.5 Å². The first-order chi connectivity index (χ1) is 10.6. The second-order valence-electron chi connectivity index (χ2n) is 6.85. The maximum atomic E-state index is 12.7. The average molecular weight is 301 g/mol. The molecule has 22 heavy (non-hydrogen) atoms. The van der Waals surface area contributed by atoms with Gasteiger partial charge in [-0.15, -0.1) is 0 Å². The van der Waals surface area contributed by atoms with Crippen molar-refractivity contribution in [1.82, 2.24) is 10.2 Å². The number of carbonyl (C=O) groups excluding carboxylic acids is 1. The molecule has 0 radical (unpaired) electrons. The van der Waals surface area contributed by atoms with E-state index in [1.54, 1.807) is 0 Å². The van der Waals surface area contributed by atoms with Crippen LogP contribution in [0.2, 0.25) is 0 Å². The lowest BCUT2D eigenvalue weighted by Crippen LogP contribution is -2.57. The molecule has 1 aliphatic carbocycles. The first-order valence-electron chi connectivity index (χ1n) is 8.46. The van der Waals surface area contributed by atoms with Crippen LogP contribution in [0.25, 0.3) is 0 Å². The van der Waals surface area contributed by atoms with Gasteiger partial charge in [0.1, 0.15) is 0 Å². The van der Waals surface area contributed by atoms with Crippen molar-refractivity contribution in [3.8, 4) is 0 Å². The standard InChI is InChI=1S/C18H27N3O/c1-14(17(22)20-18(13-19)9-4-5-10-18)21-11-8-15-6-2-3-7-16(15)12-21/h2-3,6-7,14H,4-5,8-13,19H2,1H3,(H,20,22). The van der Waals surface area contributed by atoms with Crippen LogP contribution in [0.1, 0.15) is 43.7 Å². The first-order valence-corrected chi connectivity index (χ1v) is 8.46. The molecule has 1 atom stereocenters. The fourth-order valence-corrected chi connectivity index (χ4v) is 3.81. The Hall–Kier alpha value is -1.39. The minimum absolute atomic E-state index is 0.0996. The average Bonchev–Trinajstić information content (AvgIpc) is 3.02. The fraction of sp³-hybridized carbons (Fsp3) is 0.611. The molecule has 3 N–H and O–H groups in total. The Morgan fingerprint density at radius 3 is 2.68 bits per heavy atom. The number of hydrogen-bond acceptors (Lipinski definition) is 3. The number of nitrogens with two attached hydrogens (primary N) is 1. The summed E-state index contributed by atoms with van der Waals surface area (Å²) in [4.78, 5) is 14.9. The molecule has 1 heterocycles. The maximum Gasteiger partial charge on any atom is 0.237 e. The van der Waals surface area contributed by atoms with Gasteiger partial charge in [0.25, 0.3) is 0 Å². The molecule has 0 spiro atoms. The van der Waals surface area contributed by atoms with Gasteiger partial charge in [0.15, 0.2) is 0 Å². The molecule has 120 valence electrons. The second kappa shape index (κ2) is 6.39. The second-order valence-corrected chi connectivity index (χ2v) is 6.85. The molecule has 1 fully saturated rings. The van der Waals surface area contributed by atoms with Crippen molar-refractivity contribution < 1.29 is 4.79 Å². The van der Waals surface area contributed by atoms with Crippen LogP contribution in [-0.2, 0) is 17.8 Å². The highest BCUT2D eigenvalue weighted by atomic mass is 16.2. The Bertz CT molecular complexity index is 537. The summed E-state index contributed by atoms with van der Waals surface area (Å²) >= 11 is 0. The molecular weight excluding hydrogens is 274 g/mol. The minimum atomic E-state index is -0.154. The molecule has 3 rings (SSSR count). The van der Waals surface area contributed by atoms with Crippen molar-refractivity contribution >= 4 is 5.91 Å². The molecule has 0 bridgehead atoms. The molecule has 0 aromatic heterocycles. The quantitative estimate of drug-likeness (QED) is 0.892. The molecule has 1 aliphatic heterocycles. The summed E-state index contributed by atoms with van der Waals surface area (Å²) in [6, 6.07) is 8.44. The first kappa shape index (κ1) is 15.5. The third kappa shape index (κ3) is 3.03. The zero-order valence-electron chi connectivity index (χ0n) is 13.5. The lowest BCUT2D eigenvalue weighted by Gasteiger charge is -2.36. The van der Waals surface area contributed by atoms with Crippen molar-refractivity contribution in [2.45, 2.75) is 57.2 Å². The number of amides is 1. The lowest BCUT2D eigenvalue weighted by molar-refractivity contribution is -0.128. The van der Waals surface area contributed by atoms with E-state index >= 15 is 0 Å². The van der Waals surface area contributed by atoms with Gasteiger partial charge < -0.3 is 11.1 Å². The third-order valence-electron chi connectivity index (χ3n) is 5.43. The molecule has 1 amide bonds. The highest BCUT2D eigenvalue weighted by molar-refractivity contribution is 5.82. The molecule has 4 nitrogen and oxygen atoms in total. The monoisotopic (exact) mass is 301 g/mol. The van der Waals surface area contributed by atoms with Crippen molar-refractivity contribution in [2.24, 2.45) is 5.73 Å². The van der Waals surface area contributed by atoms with E-state index in [0.29, 0.717) is 6.54 Å². The van der Waals surface area contributed by atoms with Gasteiger partial charge in [0.2, 0.25) is 5.91 Å². The normalized spacial score (nSPS) is 22.1. The molecule has 1 unspecified atom stereocenters. The Kier molecular flexibility index (Phi) is 4.50. The van der Waals surface area contributed by atoms with Crippen LogP contribution in [0.3, 0.4) is 0 Å². The van der Waals surface area contributed by atoms with Crippen LogP contribution in [0.4, 0.5) is 0 Å². The van der Waals surface area contributed by atoms with Gasteiger partial charge in [0, 0.05) is 19.6 Å². The number of carbonyl (C=O) groups is 1. The van der Waals surface area contributed by atoms with Gasteiger partial charge in [-0.25, -0.2) is 0 Å². The van der Waals surface area contributed by atoms with E-state index in [9.17, 15) is 4.79 Å². The van der Waals surface area contributed by atoms with Gasteiger partial charge in [-0.3, -0.25) is 9.69 Å². The summed E-state index contributed by atoms with van der Waals surface area (Å²) in [6.07, 6.45) is 5.40. The summed E-state index contributed by atoms with van der Waals surface area (Å²) in [7, 11) is 0. The van der Waals surface area contributed by atoms with E-state index in [4.69, 9.17) is 5.73 Å². The zero-order valence-corrected chi connectivity index (χ0v) is 13.5. The van der Waals surface area contributed by atoms with Crippen LogP contribution in [-0.4, -0.2) is 35.5 Å². The number of nitrogens with zero attached hydrogens (tertiary/aromatic N) is 1. The Morgan fingerprint density at radius 1 is 1.32 bits per heavy atom. The number of fused-ring (bicyclic) bond motifs is 1. The molecule has 2 aliphatic rings. The maximum absolute atomic E-state index is 12.7. The van der Waals surface area contributed by atoms with E-state index < -0.39 is 0 Å². The lowest BCUT2D eigenvalue weighted by atomic mass is 9.96. The van der Waals surface area contributed by atoms with Gasteiger partial charge in [0.05, 0.1) is 11.6 Å². The molecule has 0 saturated heterocycles. The summed E-state index contributed by atoms with van der Waals surface area (Å²) in [5, 5.41) is 3.26. The number of nitrogens with one attached hydrogen (secondary N) is 1. The number of rotatable bonds is 4. The number of hydrogen-bond donors (Lipinski definition) is 2. The Labute approximate surface area is 133 Å². The zero-order chi connectivity index (χ0) is 15.6. The van der Waals surface area contributed by atoms with Crippen LogP contribution in [0, 0.1) is 0 Å². The van der Waals surface area contributed by atoms with Crippen molar-refractivity contribution in [3.05, 3.63) is 35.4 Å². The van der Waals surface area contributed by atoms with Crippen LogP contribution < -0.4 is 11.1 Å². The molecule has 1 saturated carbocycles. The van der Waals surface area contributed by atoms with Crippen LogP contribution in [0.15, 0.2) is 24.3 Å². The SMILES string of the molecule is CC(C(=O)NC1(CN)CCCC1)N1CCc2ccccc2C1. The van der Waals surface area contributed by atoms with Gasteiger partial charge in [-0.2, -0.15) is 0 Å². The van der Waals surface area contributed by atoms with Crippen molar-refractivity contribution in [2.75, 3.05) is 13.1 Å². The molecule has 4 heteroatoms. The van der Waals surface area contributed by atoms with Gasteiger partial charge in [-0.1, -0.05) is 37.1 Å². The smallest absolute Gasteiger partial charge is 0.237 e. The third-order valence-corrected chi connectivity index (χ3v) is 5.43. The molecule has 1 aromatic rings. The molecule has 1 aromatic carbocycles. The van der Waals surface area contributed by atoms with E-state index in [1.165, 1.54) is 24.0 Å². The summed E-state index contributed by atoms with van der Waals surface area (Å²) in [5.74, 6) is 0.131. The van der Waals surface area contributed by atoms with Crippen molar-refractivity contribution in [3.63, 3.8) is 0 Å². The van der Waals surface area contributed by atoms with Gasteiger partial charge in [-0.05, 0) is 37.3 Å². The topological polar surface area (TPSA) is 58.4 Å². The van der Waals surface area contributed by atoms with E-state index in [-0.39, 0.29) is 17.5 Å². The van der Waals surface area contributed by atoms with E-state index in [0.717, 1.165) is 32.4 Å². The Morgan fingerprint density at radius 2 is 2.00 bits per heavy atom. The highest BCUT2D eigenvalue weighted by Gasteiger charge is 2.36. The summed E-state index contributed by atoms with van der Waals surface area (Å²) in [6.45, 7) is 4.37. The summed E-state index contributed by atoms with van der Waals surface area (Å²) in [5.41, 5.74) is 8.54. The van der Waals surface area contributed by atoms with E-state index in [1.807, 2.05) is 6.92 Å². The predicted molar refractivity (Wildman–Crippen MR) is 88.4 cm³/mol. The van der Waals surface area contributed by atoms with Crippen LogP contribution >= 0.6 is 0 Å². The highest BCUT2D eigenvalue weighted by Crippen LogP contribution is 2.29. The predicted octanol–water partition coefficient (Wildman–Crippen LogP) is 1.82. The Balaban J connectivity index is 1.64. The van der Waals surface area contributed by atoms with Crippen LogP contribution in [0.5, 0.6) is 0 Å². The minimum Gasteiger partial charge on any atom is -0.348 e. The molecular formula is C18H27N3O. The summed E-state index contributed by atoms with van der Waals surface area (Å²) < 4.78 is 0.